The Hall–Kier alpha value is -0.120. The second-order valence-electron chi connectivity index (χ2n) is 1.86. The van der Waals surface area contributed by atoms with Crippen molar-refractivity contribution in [2.45, 2.75) is 25.7 Å². The number of unbranched alkanes of at least 4 members (excludes halogenated alkanes) is 3. The number of rotatable bonds is 5. The molecule has 3 N–H and O–H groups in total. The van der Waals surface area contributed by atoms with E-state index in [1.807, 2.05) is 0 Å². The van der Waals surface area contributed by atoms with Crippen LogP contribution in [-0.4, -0.2) is 35.6 Å². The quantitative estimate of drug-likeness (QED) is 0.488. The van der Waals surface area contributed by atoms with Gasteiger partial charge in [0.25, 0.3) is 0 Å². The highest BCUT2D eigenvalue weighted by molar-refractivity contribution is 4.39. The van der Waals surface area contributed by atoms with Crippen molar-refractivity contribution in [3.63, 3.8) is 0 Å². The number of aliphatic hydroxyl groups excluding tert-OH is 3. The normalized spacial score (nSPS) is 8.40. The molecule has 3 heteroatoms. The summed E-state index contributed by atoms with van der Waals surface area (Å²) < 4.78 is 0. The lowest BCUT2D eigenvalue weighted by Gasteiger charge is -1.93. The lowest BCUT2D eigenvalue weighted by molar-refractivity contribution is 0.265. The fourth-order valence-electron chi connectivity index (χ4n) is 0.577. The maximum atomic E-state index is 8.30. The number of hydrogen-bond acceptors (Lipinski definition) is 3. The summed E-state index contributed by atoms with van der Waals surface area (Å²) in [4.78, 5) is 0. The summed E-state index contributed by atoms with van der Waals surface area (Å²) in [5, 5.41) is 23.6. The third-order valence-corrected chi connectivity index (χ3v) is 1.07. The summed E-state index contributed by atoms with van der Waals surface area (Å²) in [6.07, 6.45) is 3.83. The first-order valence-electron chi connectivity index (χ1n) is 3.58. The number of hydrogen-bond donors (Lipinski definition) is 3. The van der Waals surface area contributed by atoms with Crippen LogP contribution in [0, 0.1) is 0 Å². The van der Waals surface area contributed by atoms with Crippen LogP contribution in [0.2, 0.25) is 0 Å². The summed E-state index contributed by atoms with van der Waals surface area (Å²) in [7, 11) is 1.00. The van der Waals surface area contributed by atoms with Crippen molar-refractivity contribution in [3.05, 3.63) is 0 Å². The Morgan fingerprint density at radius 1 is 0.700 bits per heavy atom. The summed E-state index contributed by atoms with van der Waals surface area (Å²) >= 11 is 0. The van der Waals surface area contributed by atoms with E-state index < -0.39 is 0 Å². The molecule has 0 rings (SSSR count). The molecule has 0 saturated heterocycles. The first kappa shape index (κ1) is 12.5. The largest absolute Gasteiger partial charge is 0.400 e. The molecule has 0 unspecified atom stereocenters. The molecular formula is C7H18O3. The average molecular weight is 150 g/mol. The SMILES string of the molecule is CO.OCCCCCCO. The van der Waals surface area contributed by atoms with Crippen molar-refractivity contribution in [1.29, 1.82) is 0 Å². The van der Waals surface area contributed by atoms with E-state index in [2.05, 4.69) is 0 Å². The van der Waals surface area contributed by atoms with Gasteiger partial charge in [-0.3, -0.25) is 0 Å². The van der Waals surface area contributed by atoms with Crippen LogP contribution in [-0.2, 0) is 0 Å². The van der Waals surface area contributed by atoms with E-state index >= 15 is 0 Å². The molecule has 0 amide bonds. The molecule has 0 fully saturated rings. The van der Waals surface area contributed by atoms with Gasteiger partial charge in [0.2, 0.25) is 0 Å². The van der Waals surface area contributed by atoms with Crippen molar-refractivity contribution in [2.24, 2.45) is 0 Å². The third kappa shape index (κ3) is 15.7. The molecule has 0 atom stereocenters. The van der Waals surface area contributed by atoms with Gasteiger partial charge in [0, 0.05) is 20.3 Å². The minimum atomic E-state index is 0.283. The average Bonchev–Trinajstić information content (AvgIpc) is 2.02. The van der Waals surface area contributed by atoms with Crippen LogP contribution in [0.25, 0.3) is 0 Å². The maximum absolute atomic E-state index is 8.30. The van der Waals surface area contributed by atoms with Crippen LogP contribution in [0.1, 0.15) is 25.7 Å². The molecule has 0 bridgehead atoms. The second-order valence-corrected chi connectivity index (χ2v) is 1.86. The van der Waals surface area contributed by atoms with Crippen molar-refractivity contribution in [2.75, 3.05) is 20.3 Å². The Labute approximate surface area is 62.3 Å². The zero-order chi connectivity index (χ0) is 8.24. The first-order valence-corrected chi connectivity index (χ1v) is 3.58. The molecule has 0 heterocycles. The lowest BCUT2D eigenvalue weighted by Crippen LogP contribution is -1.85. The van der Waals surface area contributed by atoms with E-state index in [4.69, 9.17) is 15.3 Å². The van der Waals surface area contributed by atoms with Gasteiger partial charge in [0.05, 0.1) is 0 Å². The van der Waals surface area contributed by atoms with Crippen LogP contribution < -0.4 is 0 Å². The van der Waals surface area contributed by atoms with Crippen LogP contribution in [0.5, 0.6) is 0 Å². The molecule has 0 aliphatic rings. The van der Waals surface area contributed by atoms with Crippen LogP contribution >= 0.6 is 0 Å². The maximum Gasteiger partial charge on any atom is 0.0431 e. The van der Waals surface area contributed by atoms with E-state index in [1.165, 1.54) is 0 Å². The van der Waals surface area contributed by atoms with Gasteiger partial charge in [-0.05, 0) is 12.8 Å². The predicted octanol–water partition coefficient (Wildman–Crippen LogP) is 0.140. The Morgan fingerprint density at radius 3 is 1.20 bits per heavy atom. The standard InChI is InChI=1S/C6H14O2.CH4O/c7-5-3-1-2-4-6-8;1-2/h7-8H,1-6H2;2H,1H3. The predicted molar refractivity (Wildman–Crippen MR) is 40.8 cm³/mol. The zero-order valence-corrected chi connectivity index (χ0v) is 6.58. The minimum absolute atomic E-state index is 0.283. The summed E-state index contributed by atoms with van der Waals surface area (Å²) in [5.41, 5.74) is 0. The number of aliphatic hydroxyl groups is 3. The van der Waals surface area contributed by atoms with Gasteiger partial charge < -0.3 is 15.3 Å². The molecule has 64 valence electrons. The van der Waals surface area contributed by atoms with Gasteiger partial charge in [-0.2, -0.15) is 0 Å². The molecule has 0 saturated carbocycles. The van der Waals surface area contributed by atoms with Gasteiger partial charge in [-0.25, -0.2) is 0 Å². The Morgan fingerprint density at radius 2 is 1.00 bits per heavy atom. The fourth-order valence-corrected chi connectivity index (χ4v) is 0.577. The van der Waals surface area contributed by atoms with Crippen molar-refractivity contribution < 1.29 is 15.3 Å². The van der Waals surface area contributed by atoms with Gasteiger partial charge in [-0.15, -0.1) is 0 Å². The lowest BCUT2D eigenvalue weighted by atomic mass is 10.2. The molecule has 0 aliphatic heterocycles. The van der Waals surface area contributed by atoms with E-state index in [9.17, 15) is 0 Å². The minimum Gasteiger partial charge on any atom is -0.400 e. The second kappa shape index (κ2) is 15.9. The summed E-state index contributed by atoms with van der Waals surface area (Å²) in [6, 6.07) is 0. The highest BCUT2D eigenvalue weighted by atomic mass is 16.3. The smallest absolute Gasteiger partial charge is 0.0431 e. The molecular weight excluding hydrogens is 132 g/mol. The Kier molecular flexibility index (Phi) is 20.0. The Balaban J connectivity index is 0. The topological polar surface area (TPSA) is 60.7 Å². The van der Waals surface area contributed by atoms with Crippen molar-refractivity contribution in [3.8, 4) is 0 Å². The molecule has 0 radical (unpaired) electrons. The van der Waals surface area contributed by atoms with Crippen LogP contribution in [0.15, 0.2) is 0 Å². The summed E-state index contributed by atoms with van der Waals surface area (Å²) in [6.45, 7) is 0.566. The first-order chi connectivity index (χ1) is 4.91. The van der Waals surface area contributed by atoms with Crippen molar-refractivity contribution >= 4 is 0 Å². The highest BCUT2D eigenvalue weighted by Crippen LogP contribution is 1.96. The Bertz CT molecular complexity index is 33.8. The van der Waals surface area contributed by atoms with Crippen molar-refractivity contribution in [1.82, 2.24) is 0 Å². The highest BCUT2D eigenvalue weighted by Gasteiger charge is 1.84. The van der Waals surface area contributed by atoms with E-state index in [-0.39, 0.29) is 13.2 Å². The third-order valence-electron chi connectivity index (χ3n) is 1.07. The molecule has 0 spiro atoms. The molecule has 0 aromatic carbocycles. The van der Waals surface area contributed by atoms with E-state index in [0.29, 0.717) is 0 Å². The monoisotopic (exact) mass is 150 g/mol. The molecule has 3 nitrogen and oxygen atoms in total. The van der Waals surface area contributed by atoms with E-state index in [0.717, 1.165) is 32.8 Å². The van der Waals surface area contributed by atoms with Gasteiger partial charge >= 0.3 is 0 Å². The zero-order valence-electron chi connectivity index (χ0n) is 6.58. The molecule has 0 aromatic rings. The van der Waals surface area contributed by atoms with Gasteiger partial charge in [0.1, 0.15) is 0 Å². The van der Waals surface area contributed by atoms with Crippen LogP contribution in [0.4, 0.5) is 0 Å². The molecule has 0 aliphatic carbocycles. The van der Waals surface area contributed by atoms with Gasteiger partial charge in [0.15, 0.2) is 0 Å². The summed E-state index contributed by atoms with van der Waals surface area (Å²) in [5.74, 6) is 0. The fraction of sp³-hybridized carbons (Fsp3) is 1.00. The van der Waals surface area contributed by atoms with Crippen LogP contribution in [0.3, 0.4) is 0 Å². The van der Waals surface area contributed by atoms with Gasteiger partial charge in [-0.1, -0.05) is 12.8 Å². The molecule has 0 aromatic heterocycles. The molecule has 10 heavy (non-hydrogen) atoms. The van der Waals surface area contributed by atoms with E-state index in [1.54, 1.807) is 0 Å².